The second kappa shape index (κ2) is 8.57. The molecule has 0 saturated heterocycles. The van der Waals surface area contributed by atoms with Gasteiger partial charge >= 0.3 is 5.97 Å². The van der Waals surface area contributed by atoms with Gasteiger partial charge in [-0.2, -0.15) is 0 Å². The van der Waals surface area contributed by atoms with Gasteiger partial charge in [-0.15, -0.1) is 0 Å². The lowest BCUT2D eigenvalue weighted by atomic mass is 10.1. The first-order valence-electron chi connectivity index (χ1n) is 6.59. The summed E-state index contributed by atoms with van der Waals surface area (Å²) in [6.45, 7) is 0.0384. The van der Waals surface area contributed by atoms with Crippen LogP contribution >= 0.6 is 0 Å². The summed E-state index contributed by atoms with van der Waals surface area (Å²) in [5.41, 5.74) is 11.2. The molecule has 0 aromatic heterocycles. The van der Waals surface area contributed by atoms with Crippen molar-refractivity contribution in [2.75, 3.05) is 6.54 Å². The molecule has 0 bridgehead atoms. The fourth-order valence-electron chi connectivity index (χ4n) is 1.82. The second-order valence-corrected chi connectivity index (χ2v) is 4.70. The van der Waals surface area contributed by atoms with Gasteiger partial charge in [0.1, 0.15) is 12.6 Å². The highest BCUT2D eigenvalue weighted by molar-refractivity contribution is 5.75. The third kappa shape index (κ3) is 6.18. The minimum atomic E-state index is -1.17. The Morgan fingerprint density at radius 1 is 1.36 bits per heavy atom. The minimum Gasteiger partial charge on any atom is -0.480 e. The summed E-state index contributed by atoms with van der Waals surface area (Å²) in [5.74, 6) is -1.43. The highest BCUT2D eigenvalue weighted by atomic mass is 16.6. The lowest BCUT2D eigenvalue weighted by Crippen LogP contribution is -2.42. The first-order valence-corrected chi connectivity index (χ1v) is 6.59. The topological polar surface area (TPSA) is 157 Å². The molecule has 0 radical (unpaired) electrons. The van der Waals surface area contributed by atoms with Gasteiger partial charge in [0.05, 0.1) is 0 Å². The van der Waals surface area contributed by atoms with Gasteiger partial charge in [-0.1, -0.05) is 30.3 Å². The quantitative estimate of drug-likeness (QED) is 0.208. The number of nitro groups is 1. The molecule has 0 saturated carbocycles. The SMILES string of the molecule is NC(N)=NC[C@@H](C[C@H](NCc1ccccc1)C(=O)O)[N+](=O)[O-]. The van der Waals surface area contributed by atoms with Crippen LogP contribution in [0.4, 0.5) is 0 Å². The average molecular weight is 309 g/mol. The van der Waals surface area contributed by atoms with Gasteiger partial charge in [-0.3, -0.25) is 14.9 Å². The Morgan fingerprint density at radius 3 is 2.50 bits per heavy atom. The molecule has 120 valence electrons. The largest absolute Gasteiger partial charge is 0.480 e. The molecule has 9 heteroatoms. The molecule has 0 aliphatic carbocycles. The van der Waals surface area contributed by atoms with E-state index in [0.29, 0.717) is 6.54 Å². The number of aliphatic imine (C=N–C) groups is 1. The number of carboxylic acids is 1. The standard InChI is InChI=1S/C13H19N5O4/c14-13(15)17-8-10(18(21)22)6-11(12(19)20)16-7-9-4-2-1-3-5-9/h1-5,10-11,16H,6-8H2,(H,19,20)(H4,14,15,17)/t10-,11+/m1/s1. The number of benzene rings is 1. The van der Waals surface area contributed by atoms with E-state index >= 15 is 0 Å². The van der Waals surface area contributed by atoms with Crippen LogP contribution in [0.15, 0.2) is 35.3 Å². The third-order valence-corrected chi connectivity index (χ3v) is 2.98. The zero-order chi connectivity index (χ0) is 16.5. The van der Waals surface area contributed by atoms with Crippen LogP contribution in [0.3, 0.4) is 0 Å². The lowest BCUT2D eigenvalue weighted by molar-refractivity contribution is -0.520. The van der Waals surface area contributed by atoms with Crippen LogP contribution in [0.1, 0.15) is 12.0 Å². The van der Waals surface area contributed by atoms with Gasteiger partial charge in [0.15, 0.2) is 5.96 Å². The zero-order valence-corrected chi connectivity index (χ0v) is 11.9. The number of nitrogens with one attached hydrogen (secondary N) is 1. The van der Waals surface area contributed by atoms with Crippen LogP contribution in [0.5, 0.6) is 0 Å². The summed E-state index contributed by atoms with van der Waals surface area (Å²) in [5, 5.41) is 23.0. The Hall–Kier alpha value is -2.68. The molecule has 0 spiro atoms. The summed E-state index contributed by atoms with van der Waals surface area (Å²) in [6.07, 6.45) is -0.216. The van der Waals surface area contributed by atoms with Gasteiger partial charge in [-0.05, 0) is 5.56 Å². The molecule has 0 heterocycles. The van der Waals surface area contributed by atoms with Gasteiger partial charge in [0.25, 0.3) is 0 Å². The van der Waals surface area contributed by atoms with Crippen molar-refractivity contribution in [3.8, 4) is 0 Å². The van der Waals surface area contributed by atoms with Crippen LogP contribution in [-0.2, 0) is 11.3 Å². The maximum absolute atomic E-state index is 11.2. The summed E-state index contributed by atoms with van der Waals surface area (Å²) in [6, 6.07) is 6.91. The number of nitrogens with two attached hydrogens (primary N) is 2. The Morgan fingerprint density at radius 2 is 2.00 bits per heavy atom. The molecule has 0 amide bonds. The zero-order valence-electron chi connectivity index (χ0n) is 11.9. The molecule has 0 aliphatic heterocycles. The number of hydrogen-bond donors (Lipinski definition) is 4. The Kier molecular flexibility index (Phi) is 6.77. The number of guanidine groups is 1. The van der Waals surface area contributed by atoms with Crippen molar-refractivity contribution in [2.24, 2.45) is 16.5 Å². The Bertz CT molecular complexity index is 530. The average Bonchev–Trinajstić information content (AvgIpc) is 2.46. The van der Waals surface area contributed by atoms with E-state index in [1.807, 2.05) is 30.3 Å². The first kappa shape index (κ1) is 17.4. The van der Waals surface area contributed by atoms with Gasteiger partial charge in [0.2, 0.25) is 6.04 Å². The van der Waals surface area contributed by atoms with E-state index in [9.17, 15) is 20.0 Å². The fraction of sp³-hybridized carbons (Fsp3) is 0.385. The molecule has 6 N–H and O–H groups in total. The molecule has 1 rings (SSSR count). The van der Waals surface area contributed by atoms with Crippen LogP contribution in [0.25, 0.3) is 0 Å². The Labute approximate surface area is 127 Å². The van der Waals surface area contributed by atoms with Crippen molar-refractivity contribution in [2.45, 2.75) is 25.0 Å². The van der Waals surface area contributed by atoms with Crippen molar-refractivity contribution in [1.29, 1.82) is 0 Å². The molecule has 22 heavy (non-hydrogen) atoms. The predicted octanol–water partition coefficient (Wildman–Crippen LogP) is -0.462. The monoisotopic (exact) mass is 309 g/mol. The van der Waals surface area contributed by atoms with Crippen LogP contribution in [-0.4, -0.2) is 40.6 Å². The molecular formula is C13H19N5O4. The molecule has 2 atom stereocenters. The fourth-order valence-corrected chi connectivity index (χ4v) is 1.82. The van der Waals surface area contributed by atoms with Crippen molar-refractivity contribution in [1.82, 2.24) is 5.32 Å². The summed E-state index contributed by atoms with van der Waals surface area (Å²) >= 11 is 0. The molecule has 9 nitrogen and oxygen atoms in total. The van der Waals surface area contributed by atoms with E-state index in [-0.39, 0.29) is 18.9 Å². The van der Waals surface area contributed by atoms with Gasteiger partial charge in [-0.25, -0.2) is 4.99 Å². The van der Waals surface area contributed by atoms with E-state index < -0.39 is 23.0 Å². The summed E-state index contributed by atoms with van der Waals surface area (Å²) < 4.78 is 0. The van der Waals surface area contributed by atoms with E-state index in [4.69, 9.17) is 11.5 Å². The van der Waals surface area contributed by atoms with E-state index in [2.05, 4.69) is 10.3 Å². The van der Waals surface area contributed by atoms with Crippen molar-refractivity contribution >= 4 is 11.9 Å². The van der Waals surface area contributed by atoms with Crippen molar-refractivity contribution in [3.05, 3.63) is 46.0 Å². The molecule has 1 aromatic carbocycles. The Balaban J connectivity index is 2.66. The van der Waals surface area contributed by atoms with Crippen LogP contribution < -0.4 is 16.8 Å². The smallest absolute Gasteiger partial charge is 0.320 e. The molecule has 0 aliphatic rings. The normalized spacial score (nSPS) is 13.1. The molecule has 0 fully saturated rings. The number of hydrogen-bond acceptors (Lipinski definition) is 5. The molecule has 1 aromatic rings. The van der Waals surface area contributed by atoms with E-state index in [1.54, 1.807) is 0 Å². The van der Waals surface area contributed by atoms with Crippen molar-refractivity contribution < 1.29 is 14.8 Å². The minimum absolute atomic E-state index is 0.216. The number of rotatable bonds is 9. The first-order chi connectivity index (χ1) is 10.4. The number of carbonyl (C=O) groups is 1. The van der Waals surface area contributed by atoms with E-state index in [1.165, 1.54) is 0 Å². The van der Waals surface area contributed by atoms with Crippen LogP contribution in [0, 0.1) is 10.1 Å². The van der Waals surface area contributed by atoms with Gasteiger partial charge in [0, 0.05) is 17.9 Å². The highest BCUT2D eigenvalue weighted by Gasteiger charge is 2.29. The highest BCUT2D eigenvalue weighted by Crippen LogP contribution is 2.06. The van der Waals surface area contributed by atoms with Crippen molar-refractivity contribution in [3.63, 3.8) is 0 Å². The third-order valence-electron chi connectivity index (χ3n) is 2.98. The number of nitrogens with zero attached hydrogens (tertiary/aromatic N) is 2. The maximum atomic E-state index is 11.2. The molecule has 0 unspecified atom stereocenters. The molecular weight excluding hydrogens is 290 g/mol. The summed E-state index contributed by atoms with van der Waals surface area (Å²) in [4.78, 5) is 25.2. The number of carboxylic acid groups (broad SMARTS) is 1. The van der Waals surface area contributed by atoms with E-state index in [0.717, 1.165) is 5.56 Å². The van der Waals surface area contributed by atoms with Crippen LogP contribution in [0.2, 0.25) is 0 Å². The van der Waals surface area contributed by atoms with Gasteiger partial charge < -0.3 is 21.9 Å². The lowest BCUT2D eigenvalue weighted by Gasteiger charge is -2.16. The maximum Gasteiger partial charge on any atom is 0.320 e. The summed E-state index contributed by atoms with van der Waals surface area (Å²) in [7, 11) is 0. The number of aliphatic carboxylic acids is 1. The predicted molar refractivity (Wildman–Crippen MR) is 80.8 cm³/mol. The second-order valence-electron chi connectivity index (χ2n) is 4.70.